The molecule has 0 aliphatic heterocycles. The summed E-state index contributed by atoms with van der Waals surface area (Å²) in [4.78, 5) is 9.12. The van der Waals surface area contributed by atoms with Crippen molar-refractivity contribution in [2.45, 2.75) is 6.92 Å². The molecule has 0 atom stereocenters. The normalized spacial score (nSPS) is 10.3. The zero-order chi connectivity index (χ0) is 16.9. The van der Waals surface area contributed by atoms with Crippen LogP contribution in [0.3, 0.4) is 0 Å². The fraction of sp³-hybridized carbons (Fsp3) is 0.158. The SMILES string of the molecule is COc1ccc(Nc2cc(C)nc(-c3ccc(OC)cc3)n2)cc1. The van der Waals surface area contributed by atoms with Gasteiger partial charge in [0.1, 0.15) is 17.3 Å². The molecule has 0 unspecified atom stereocenters. The second-order valence-electron chi connectivity index (χ2n) is 5.30. The fourth-order valence-electron chi connectivity index (χ4n) is 2.32. The van der Waals surface area contributed by atoms with E-state index in [0.29, 0.717) is 5.82 Å². The van der Waals surface area contributed by atoms with E-state index in [9.17, 15) is 0 Å². The standard InChI is InChI=1S/C19H19N3O2/c1-13-12-18(21-15-6-10-17(24-3)11-7-15)22-19(20-13)14-4-8-16(23-2)9-5-14/h4-12H,1-3H3,(H,20,21,22). The van der Waals surface area contributed by atoms with Crippen LogP contribution in [0.5, 0.6) is 11.5 Å². The van der Waals surface area contributed by atoms with Gasteiger partial charge in [-0.05, 0) is 55.5 Å². The number of hydrogen-bond donors (Lipinski definition) is 1. The largest absolute Gasteiger partial charge is 0.497 e. The summed E-state index contributed by atoms with van der Waals surface area (Å²) in [5, 5.41) is 3.30. The minimum absolute atomic E-state index is 0.675. The van der Waals surface area contributed by atoms with Gasteiger partial charge in [0, 0.05) is 23.0 Å². The van der Waals surface area contributed by atoms with Gasteiger partial charge in [0.15, 0.2) is 5.82 Å². The Balaban J connectivity index is 1.87. The van der Waals surface area contributed by atoms with Crippen LogP contribution in [-0.2, 0) is 0 Å². The summed E-state index contributed by atoms with van der Waals surface area (Å²) in [7, 11) is 3.30. The van der Waals surface area contributed by atoms with Gasteiger partial charge in [0.05, 0.1) is 14.2 Å². The second kappa shape index (κ2) is 7.00. The number of methoxy groups -OCH3 is 2. The third-order valence-electron chi connectivity index (χ3n) is 3.56. The van der Waals surface area contributed by atoms with Crippen molar-refractivity contribution in [2.24, 2.45) is 0 Å². The van der Waals surface area contributed by atoms with Gasteiger partial charge in [0.2, 0.25) is 0 Å². The maximum Gasteiger partial charge on any atom is 0.161 e. The molecule has 24 heavy (non-hydrogen) atoms. The predicted molar refractivity (Wildman–Crippen MR) is 95.0 cm³/mol. The van der Waals surface area contributed by atoms with Crippen LogP contribution < -0.4 is 14.8 Å². The van der Waals surface area contributed by atoms with E-state index in [0.717, 1.165) is 34.3 Å². The molecule has 5 nitrogen and oxygen atoms in total. The summed E-state index contributed by atoms with van der Waals surface area (Å²) in [6.45, 7) is 1.95. The Kier molecular flexibility index (Phi) is 4.61. The van der Waals surface area contributed by atoms with Crippen LogP contribution in [0.1, 0.15) is 5.69 Å². The first-order chi connectivity index (χ1) is 11.7. The molecule has 1 N–H and O–H groups in total. The van der Waals surface area contributed by atoms with Crippen LogP contribution in [0.15, 0.2) is 54.6 Å². The van der Waals surface area contributed by atoms with Crippen LogP contribution in [0, 0.1) is 6.92 Å². The lowest BCUT2D eigenvalue weighted by Crippen LogP contribution is -1.99. The summed E-state index contributed by atoms with van der Waals surface area (Å²) in [6.07, 6.45) is 0. The predicted octanol–water partition coefficient (Wildman–Crippen LogP) is 4.21. The van der Waals surface area contributed by atoms with E-state index in [4.69, 9.17) is 9.47 Å². The van der Waals surface area contributed by atoms with E-state index < -0.39 is 0 Å². The van der Waals surface area contributed by atoms with Gasteiger partial charge < -0.3 is 14.8 Å². The van der Waals surface area contributed by atoms with Crippen LogP contribution in [0.4, 0.5) is 11.5 Å². The highest BCUT2D eigenvalue weighted by atomic mass is 16.5. The monoisotopic (exact) mass is 321 g/mol. The minimum atomic E-state index is 0.675. The fourth-order valence-corrected chi connectivity index (χ4v) is 2.32. The first-order valence-corrected chi connectivity index (χ1v) is 7.59. The Labute approximate surface area is 141 Å². The molecule has 3 rings (SSSR count). The zero-order valence-electron chi connectivity index (χ0n) is 13.9. The number of nitrogens with zero attached hydrogens (tertiary/aromatic N) is 2. The molecular weight excluding hydrogens is 302 g/mol. The summed E-state index contributed by atoms with van der Waals surface area (Å²) in [5.74, 6) is 3.05. The molecule has 0 aliphatic carbocycles. The number of hydrogen-bond acceptors (Lipinski definition) is 5. The average molecular weight is 321 g/mol. The zero-order valence-corrected chi connectivity index (χ0v) is 13.9. The molecule has 0 saturated heterocycles. The summed E-state index contributed by atoms with van der Waals surface area (Å²) in [6, 6.07) is 17.3. The number of aromatic nitrogens is 2. The van der Waals surface area contributed by atoms with E-state index >= 15 is 0 Å². The summed E-state index contributed by atoms with van der Waals surface area (Å²) < 4.78 is 10.4. The highest BCUT2D eigenvalue weighted by Crippen LogP contribution is 2.23. The Hall–Kier alpha value is -3.08. The molecule has 3 aromatic rings. The van der Waals surface area contributed by atoms with Crippen molar-refractivity contribution in [3.63, 3.8) is 0 Å². The molecule has 0 amide bonds. The molecule has 1 heterocycles. The number of ether oxygens (including phenoxy) is 2. The van der Waals surface area contributed by atoms with Crippen molar-refractivity contribution in [1.29, 1.82) is 0 Å². The quantitative estimate of drug-likeness (QED) is 0.763. The van der Waals surface area contributed by atoms with Crippen molar-refractivity contribution in [3.8, 4) is 22.9 Å². The van der Waals surface area contributed by atoms with E-state index in [1.165, 1.54) is 0 Å². The van der Waals surface area contributed by atoms with E-state index in [1.807, 2.05) is 61.5 Å². The van der Waals surface area contributed by atoms with Crippen molar-refractivity contribution in [1.82, 2.24) is 9.97 Å². The highest BCUT2D eigenvalue weighted by molar-refractivity contribution is 5.62. The maximum absolute atomic E-state index is 5.19. The molecule has 0 fully saturated rings. The number of aryl methyl sites for hydroxylation is 1. The lowest BCUT2D eigenvalue weighted by Gasteiger charge is -2.10. The topological polar surface area (TPSA) is 56.3 Å². The Bertz CT molecular complexity index is 815. The second-order valence-corrected chi connectivity index (χ2v) is 5.30. The van der Waals surface area contributed by atoms with Crippen LogP contribution >= 0.6 is 0 Å². The summed E-state index contributed by atoms with van der Waals surface area (Å²) >= 11 is 0. The van der Waals surface area contributed by atoms with Gasteiger partial charge >= 0.3 is 0 Å². The van der Waals surface area contributed by atoms with Gasteiger partial charge in [-0.3, -0.25) is 0 Å². The molecule has 122 valence electrons. The number of nitrogens with one attached hydrogen (secondary N) is 1. The van der Waals surface area contributed by atoms with Gasteiger partial charge in [-0.15, -0.1) is 0 Å². The molecule has 0 saturated carbocycles. The molecule has 0 radical (unpaired) electrons. The van der Waals surface area contributed by atoms with Gasteiger partial charge in [0.25, 0.3) is 0 Å². The van der Waals surface area contributed by atoms with Gasteiger partial charge in [-0.1, -0.05) is 0 Å². The van der Waals surface area contributed by atoms with E-state index in [2.05, 4.69) is 15.3 Å². The molecule has 5 heteroatoms. The van der Waals surface area contributed by atoms with Crippen LogP contribution in [0.2, 0.25) is 0 Å². The van der Waals surface area contributed by atoms with Crippen molar-refractivity contribution >= 4 is 11.5 Å². The Morgan fingerprint density at radius 1 is 0.792 bits per heavy atom. The maximum atomic E-state index is 5.19. The first-order valence-electron chi connectivity index (χ1n) is 7.59. The van der Waals surface area contributed by atoms with Crippen molar-refractivity contribution in [2.75, 3.05) is 19.5 Å². The number of benzene rings is 2. The third kappa shape index (κ3) is 3.63. The Morgan fingerprint density at radius 3 is 1.96 bits per heavy atom. The number of anilines is 2. The van der Waals surface area contributed by atoms with Gasteiger partial charge in [-0.25, -0.2) is 9.97 Å². The highest BCUT2D eigenvalue weighted by Gasteiger charge is 2.06. The first kappa shape index (κ1) is 15.8. The van der Waals surface area contributed by atoms with E-state index in [1.54, 1.807) is 14.2 Å². The molecule has 0 bridgehead atoms. The lowest BCUT2D eigenvalue weighted by atomic mass is 10.2. The lowest BCUT2D eigenvalue weighted by molar-refractivity contribution is 0.415. The molecular formula is C19H19N3O2. The Morgan fingerprint density at radius 2 is 1.38 bits per heavy atom. The van der Waals surface area contributed by atoms with E-state index in [-0.39, 0.29) is 0 Å². The third-order valence-corrected chi connectivity index (χ3v) is 3.56. The molecule has 2 aromatic carbocycles. The minimum Gasteiger partial charge on any atom is -0.497 e. The smallest absolute Gasteiger partial charge is 0.161 e. The molecule has 1 aromatic heterocycles. The van der Waals surface area contributed by atoms with Crippen molar-refractivity contribution < 1.29 is 9.47 Å². The number of rotatable bonds is 5. The van der Waals surface area contributed by atoms with Crippen molar-refractivity contribution in [3.05, 3.63) is 60.3 Å². The van der Waals surface area contributed by atoms with Gasteiger partial charge in [-0.2, -0.15) is 0 Å². The molecule has 0 aliphatic rings. The molecule has 0 spiro atoms. The van der Waals surface area contributed by atoms with Crippen LogP contribution in [0.25, 0.3) is 11.4 Å². The van der Waals surface area contributed by atoms with Crippen LogP contribution in [-0.4, -0.2) is 24.2 Å². The average Bonchev–Trinajstić information content (AvgIpc) is 2.62. The summed E-state index contributed by atoms with van der Waals surface area (Å²) in [5.41, 5.74) is 2.78.